The smallest absolute Gasteiger partial charge is 0.372 e. The number of aromatic nitrogens is 2. The summed E-state index contributed by atoms with van der Waals surface area (Å²) in [6.07, 6.45) is 1.06. The van der Waals surface area contributed by atoms with Gasteiger partial charge in [0.05, 0.1) is 16.6 Å². The third kappa shape index (κ3) is 2.55. The van der Waals surface area contributed by atoms with Crippen molar-refractivity contribution >= 4 is 11.5 Å². The van der Waals surface area contributed by atoms with E-state index in [9.17, 15) is 10.1 Å². The summed E-state index contributed by atoms with van der Waals surface area (Å²) in [6.45, 7) is 0. The standard InChI is InChI=1S/C11H7N5O3/c12-5-7-2-1-3-8(4-7)19-11-9(16(17)18)10(13)14-6-15-11/h1-4,6H,(H2,13,14,15). The molecule has 8 heteroatoms. The van der Waals surface area contributed by atoms with Gasteiger partial charge in [-0.05, 0) is 18.2 Å². The largest absolute Gasteiger partial charge is 0.434 e. The Bertz CT molecular complexity index is 680. The van der Waals surface area contributed by atoms with Crippen LogP contribution in [-0.4, -0.2) is 14.9 Å². The molecule has 2 rings (SSSR count). The monoisotopic (exact) mass is 257 g/mol. The molecule has 0 amide bonds. The number of nitriles is 1. The Morgan fingerprint density at radius 3 is 2.89 bits per heavy atom. The van der Waals surface area contributed by atoms with Gasteiger partial charge < -0.3 is 10.5 Å². The van der Waals surface area contributed by atoms with Gasteiger partial charge in [0.1, 0.15) is 12.1 Å². The predicted octanol–water partition coefficient (Wildman–Crippen LogP) is 1.63. The Morgan fingerprint density at radius 2 is 2.21 bits per heavy atom. The average Bonchev–Trinajstić information content (AvgIpc) is 2.38. The van der Waals surface area contributed by atoms with Crippen molar-refractivity contribution in [2.75, 3.05) is 5.73 Å². The lowest BCUT2D eigenvalue weighted by Crippen LogP contribution is -2.02. The van der Waals surface area contributed by atoms with Gasteiger partial charge in [-0.2, -0.15) is 10.2 Å². The van der Waals surface area contributed by atoms with Crippen LogP contribution in [0.15, 0.2) is 30.6 Å². The summed E-state index contributed by atoms with van der Waals surface area (Å²) in [5, 5.41) is 19.6. The molecule has 0 aliphatic carbocycles. The second-order valence-corrected chi connectivity index (χ2v) is 3.41. The van der Waals surface area contributed by atoms with Crippen LogP contribution >= 0.6 is 0 Å². The molecule has 0 aliphatic heterocycles. The minimum absolute atomic E-state index is 0.250. The zero-order valence-electron chi connectivity index (χ0n) is 9.48. The number of hydrogen-bond donors (Lipinski definition) is 1. The van der Waals surface area contributed by atoms with Crippen molar-refractivity contribution in [2.24, 2.45) is 0 Å². The molecule has 0 saturated heterocycles. The van der Waals surface area contributed by atoms with E-state index in [0.717, 1.165) is 6.33 Å². The Balaban J connectivity index is 2.41. The molecule has 0 spiro atoms. The number of hydrogen-bond acceptors (Lipinski definition) is 7. The van der Waals surface area contributed by atoms with Gasteiger partial charge in [-0.25, -0.2) is 4.98 Å². The lowest BCUT2D eigenvalue weighted by atomic mass is 10.2. The molecule has 19 heavy (non-hydrogen) atoms. The first-order valence-electron chi connectivity index (χ1n) is 5.04. The molecule has 1 aromatic carbocycles. The third-order valence-corrected chi connectivity index (χ3v) is 2.18. The van der Waals surface area contributed by atoms with Gasteiger partial charge in [-0.3, -0.25) is 10.1 Å². The minimum Gasteiger partial charge on any atom is -0.434 e. The van der Waals surface area contributed by atoms with Gasteiger partial charge in [0.15, 0.2) is 0 Å². The second kappa shape index (κ2) is 4.97. The zero-order chi connectivity index (χ0) is 13.8. The van der Waals surface area contributed by atoms with Crippen molar-refractivity contribution in [3.8, 4) is 17.7 Å². The SMILES string of the molecule is N#Cc1cccc(Oc2ncnc(N)c2[N+](=O)[O-])c1. The normalized spacial score (nSPS) is 9.63. The Morgan fingerprint density at radius 1 is 1.42 bits per heavy atom. The highest BCUT2D eigenvalue weighted by atomic mass is 16.6. The second-order valence-electron chi connectivity index (χ2n) is 3.41. The number of nitrogens with zero attached hydrogens (tertiary/aromatic N) is 4. The maximum absolute atomic E-state index is 10.9. The molecule has 0 bridgehead atoms. The van der Waals surface area contributed by atoms with Crippen molar-refractivity contribution in [3.63, 3.8) is 0 Å². The summed E-state index contributed by atoms with van der Waals surface area (Å²) in [4.78, 5) is 17.3. The van der Waals surface area contributed by atoms with Crippen LogP contribution in [0.3, 0.4) is 0 Å². The van der Waals surface area contributed by atoms with E-state index in [1.807, 2.05) is 6.07 Å². The fourth-order valence-electron chi connectivity index (χ4n) is 1.36. The number of anilines is 1. The predicted molar refractivity (Wildman–Crippen MR) is 64.3 cm³/mol. The van der Waals surface area contributed by atoms with E-state index in [0.29, 0.717) is 5.56 Å². The molecule has 94 valence electrons. The summed E-state index contributed by atoms with van der Waals surface area (Å²) in [7, 11) is 0. The number of ether oxygens (including phenoxy) is 1. The van der Waals surface area contributed by atoms with Crippen LogP contribution in [0, 0.1) is 21.4 Å². The lowest BCUT2D eigenvalue weighted by molar-refractivity contribution is -0.385. The van der Waals surface area contributed by atoms with Gasteiger partial charge in [0.25, 0.3) is 0 Å². The lowest BCUT2D eigenvalue weighted by Gasteiger charge is -2.05. The van der Waals surface area contributed by atoms with Gasteiger partial charge in [-0.1, -0.05) is 6.07 Å². The highest BCUT2D eigenvalue weighted by molar-refractivity contribution is 5.58. The molecular formula is C11H7N5O3. The molecule has 1 heterocycles. The topological polar surface area (TPSA) is 128 Å². The molecule has 0 radical (unpaired) electrons. The van der Waals surface area contributed by atoms with Crippen molar-refractivity contribution in [2.45, 2.75) is 0 Å². The van der Waals surface area contributed by atoms with Crippen LogP contribution < -0.4 is 10.5 Å². The van der Waals surface area contributed by atoms with E-state index < -0.39 is 10.6 Å². The average molecular weight is 257 g/mol. The Hall–Kier alpha value is -3.21. The van der Waals surface area contributed by atoms with Crippen molar-refractivity contribution in [1.82, 2.24) is 9.97 Å². The van der Waals surface area contributed by atoms with Crippen LogP contribution in [0.2, 0.25) is 0 Å². The number of nitro groups is 1. The maximum Gasteiger partial charge on any atom is 0.372 e. The molecular weight excluding hydrogens is 250 g/mol. The molecule has 8 nitrogen and oxygen atoms in total. The van der Waals surface area contributed by atoms with E-state index in [1.165, 1.54) is 6.07 Å². The van der Waals surface area contributed by atoms with E-state index in [2.05, 4.69) is 9.97 Å². The quantitative estimate of drug-likeness (QED) is 0.653. The van der Waals surface area contributed by atoms with Crippen LogP contribution in [0.25, 0.3) is 0 Å². The summed E-state index contributed by atoms with van der Waals surface area (Å²) in [6, 6.07) is 8.07. The molecule has 2 aromatic rings. The summed E-state index contributed by atoms with van der Waals surface area (Å²) in [5.41, 5.74) is 5.26. The van der Waals surface area contributed by atoms with E-state index in [-0.39, 0.29) is 17.4 Å². The van der Waals surface area contributed by atoms with Crippen molar-refractivity contribution in [1.29, 1.82) is 5.26 Å². The number of nitrogen functional groups attached to an aromatic ring is 1. The number of benzene rings is 1. The third-order valence-electron chi connectivity index (χ3n) is 2.18. The molecule has 0 unspecified atom stereocenters. The van der Waals surface area contributed by atoms with E-state index >= 15 is 0 Å². The van der Waals surface area contributed by atoms with Gasteiger partial charge in [-0.15, -0.1) is 0 Å². The van der Waals surface area contributed by atoms with E-state index in [1.54, 1.807) is 18.2 Å². The van der Waals surface area contributed by atoms with Crippen LogP contribution in [-0.2, 0) is 0 Å². The van der Waals surface area contributed by atoms with Crippen molar-refractivity contribution < 1.29 is 9.66 Å². The van der Waals surface area contributed by atoms with Gasteiger partial charge in [0.2, 0.25) is 5.82 Å². The summed E-state index contributed by atoms with van der Waals surface area (Å²) >= 11 is 0. The fraction of sp³-hybridized carbons (Fsp3) is 0. The Kier molecular flexibility index (Phi) is 3.20. The molecule has 0 aliphatic rings. The molecule has 0 fully saturated rings. The maximum atomic E-state index is 10.9. The van der Waals surface area contributed by atoms with Crippen LogP contribution in [0.4, 0.5) is 11.5 Å². The number of nitrogens with two attached hydrogens (primary N) is 1. The summed E-state index contributed by atoms with van der Waals surface area (Å²) in [5.74, 6) is -0.306. The Labute approximate surface area is 107 Å². The minimum atomic E-state index is -0.723. The highest BCUT2D eigenvalue weighted by Gasteiger charge is 2.22. The first-order valence-corrected chi connectivity index (χ1v) is 5.04. The molecule has 1 aromatic heterocycles. The first-order chi connectivity index (χ1) is 9.11. The molecule has 2 N–H and O–H groups in total. The van der Waals surface area contributed by atoms with Crippen molar-refractivity contribution in [3.05, 3.63) is 46.3 Å². The van der Waals surface area contributed by atoms with Crippen LogP contribution in [0.5, 0.6) is 11.6 Å². The van der Waals surface area contributed by atoms with Gasteiger partial charge >= 0.3 is 11.6 Å². The number of rotatable bonds is 3. The van der Waals surface area contributed by atoms with Gasteiger partial charge in [0, 0.05) is 0 Å². The summed E-state index contributed by atoms with van der Waals surface area (Å²) < 4.78 is 5.27. The van der Waals surface area contributed by atoms with E-state index in [4.69, 9.17) is 15.7 Å². The van der Waals surface area contributed by atoms with Crippen LogP contribution in [0.1, 0.15) is 5.56 Å². The molecule has 0 atom stereocenters. The highest BCUT2D eigenvalue weighted by Crippen LogP contribution is 2.32. The zero-order valence-corrected chi connectivity index (χ0v) is 9.48. The first kappa shape index (κ1) is 12.3. The fourth-order valence-corrected chi connectivity index (χ4v) is 1.36. The molecule has 0 saturated carbocycles.